The van der Waals surface area contributed by atoms with Crippen LogP contribution in [-0.4, -0.2) is 11.9 Å². The fourth-order valence-electron chi connectivity index (χ4n) is 5.94. The fraction of sp³-hybridized carbons (Fsp3) is 0.818. The minimum atomic E-state index is -0.903. The van der Waals surface area contributed by atoms with Crippen molar-refractivity contribution < 1.29 is 39.3 Å². The summed E-state index contributed by atoms with van der Waals surface area (Å²) in [5.74, 6) is -1.81. The Kier molecular flexibility index (Phi) is 47.7. The van der Waals surface area contributed by atoms with Gasteiger partial charge in [0.1, 0.15) is 0 Å². The molecule has 0 aliphatic heterocycles. The Morgan fingerprint density at radius 2 is 0.571 bits per heavy atom. The van der Waals surface area contributed by atoms with Gasteiger partial charge in [0.05, 0.1) is 0 Å². The molecule has 0 fully saturated rings. The molecule has 0 aliphatic rings. The van der Waals surface area contributed by atoms with E-state index in [1.165, 1.54) is 178 Å². The summed E-state index contributed by atoms with van der Waals surface area (Å²) in [4.78, 5) is 20.4. The van der Waals surface area contributed by atoms with Crippen LogP contribution in [-0.2, 0) is 29.1 Å². The van der Waals surface area contributed by atoms with Crippen LogP contribution in [0.1, 0.15) is 230 Å². The molecule has 0 bridgehead atoms. The minimum absolute atomic E-state index is 0. The molecule has 1 rings (SSSR count). The van der Waals surface area contributed by atoms with Crippen molar-refractivity contribution in [1.29, 1.82) is 0 Å². The van der Waals surface area contributed by atoms with E-state index in [0.29, 0.717) is 0 Å². The summed E-state index contributed by atoms with van der Waals surface area (Å²) in [6, 6.07) is 8.36. The van der Waals surface area contributed by atoms with Crippen LogP contribution < -0.4 is 10.2 Å². The molecule has 0 aromatic heterocycles. The van der Waals surface area contributed by atoms with Gasteiger partial charge in [-0.05, 0) is 50.7 Å². The molecule has 0 heterocycles. The zero-order chi connectivity index (χ0) is 35.8. The van der Waals surface area contributed by atoms with Gasteiger partial charge in [0.2, 0.25) is 0 Å². The monoisotopic (exact) mass is 737 g/mol. The van der Waals surface area contributed by atoms with E-state index >= 15 is 0 Å². The number of benzene rings is 1. The Morgan fingerprint density at radius 3 is 0.735 bits per heavy atom. The van der Waals surface area contributed by atoms with Crippen molar-refractivity contribution >= 4 is 11.9 Å². The number of carboxylic acid groups (broad SMARTS) is 2. The van der Waals surface area contributed by atoms with Gasteiger partial charge in [-0.25, -0.2) is 0 Å². The molecule has 0 N–H and O–H groups in total. The van der Waals surface area contributed by atoms with Crippen molar-refractivity contribution in [3.8, 4) is 0 Å². The molecule has 0 saturated heterocycles. The predicted octanol–water partition coefficient (Wildman–Crippen LogP) is 12.3. The topological polar surface area (TPSA) is 80.3 Å². The molecule has 5 heteroatoms. The average Bonchev–Trinajstić information content (AvgIpc) is 3.06. The van der Waals surface area contributed by atoms with E-state index in [9.17, 15) is 19.8 Å². The number of aliphatic carboxylic acids is 2. The Balaban J connectivity index is -0.000000693. The van der Waals surface area contributed by atoms with Crippen LogP contribution in [0.5, 0.6) is 0 Å². The second kappa shape index (κ2) is 44.8. The van der Waals surface area contributed by atoms with Gasteiger partial charge < -0.3 is 19.8 Å². The zero-order valence-electron chi connectivity index (χ0n) is 33.3. The number of carbonyl (C=O) groups excluding carboxylic acids is 2. The fourth-order valence-corrected chi connectivity index (χ4v) is 5.94. The molecule has 0 unspecified atom stereocenters. The summed E-state index contributed by atoms with van der Waals surface area (Å²) in [6.07, 6.45) is 39.7. The van der Waals surface area contributed by atoms with Crippen molar-refractivity contribution in [2.24, 2.45) is 0 Å². The standard InChI is InChI=1S/2C18H36O2.C8H10.Zn/c2*1-2-3-4-5-6-7-8-9-10-11-12-13-14-15-16-17-18(19)20;1-7-5-3-4-6-8(7)2;/h2*2-17H2,1H3,(H,19,20);3-6H,1-2H3;/q;;;+2/p-2. The van der Waals surface area contributed by atoms with Crippen LogP contribution in [0, 0.1) is 13.8 Å². The largest absolute Gasteiger partial charge is 2.00 e. The first kappa shape index (κ1) is 52.1. The maximum atomic E-state index is 10.2. The number of unbranched alkanes of at least 4 members (excludes halogenated alkanes) is 28. The molecular weight excluding hydrogens is 658 g/mol. The third-order valence-electron chi connectivity index (χ3n) is 9.39. The number of hydrogen-bond acceptors (Lipinski definition) is 4. The van der Waals surface area contributed by atoms with Crippen molar-refractivity contribution in [3.63, 3.8) is 0 Å². The quantitative estimate of drug-likeness (QED) is 0.0544. The molecule has 0 radical (unpaired) electrons. The first-order valence-corrected chi connectivity index (χ1v) is 20.8. The van der Waals surface area contributed by atoms with Gasteiger partial charge >= 0.3 is 19.5 Å². The van der Waals surface area contributed by atoms with Gasteiger partial charge in [-0.15, -0.1) is 0 Å². The predicted molar refractivity (Wildman–Crippen MR) is 205 cm³/mol. The average molecular weight is 739 g/mol. The molecule has 1 aromatic carbocycles. The summed E-state index contributed by atoms with van der Waals surface area (Å²) >= 11 is 0. The smallest absolute Gasteiger partial charge is 0.550 e. The van der Waals surface area contributed by atoms with Gasteiger partial charge in [0.15, 0.2) is 0 Å². The summed E-state index contributed by atoms with van der Waals surface area (Å²) in [6.45, 7) is 8.78. The second-order valence-electron chi connectivity index (χ2n) is 14.2. The number of carbonyl (C=O) groups is 2. The van der Waals surface area contributed by atoms with Crippen molar-refractivity contribution in [3.05, 3.63) is 35.4 Å². The van der Waals surface area contributed by atoms with Crippen LogP contribution >= 0.6 is 0 Å². The maximum absolute atomic E-state index is 10.2. The number of carboxylic acids is 2. The summed E-state index contributed by atoms with van der Waals surface area (Å²) in [5.41, 5.74) is 2.74. The van der Waals surface area contributed by atoms with Crippen LogP contribution in [0.4, 0.5) is 0 Å². The number of hydrogen-bond donors (Lipinski definition) is 0. The molecule has 0 spiro atoms. The molecule has 1 aromatic rings. The van der Waals surface area contributed by atoms with Crippen molar-refractivity contribution in [2.45, 2.75) is 233 Å². The van der Waals surface area contributed by atoms with Crippen LogP contribution in [0.3, 0.4) is 0 Å². The maximum Gasteiger partial charge on any atom is 2.00 e. The third-order valence-corrected chi connectivity index (χ3v) is 9.39. The van der Waals surface area contributed by atoms with Gasteiger partial charge in [-0.1, -0.05) is 218 Å². The summed E-state index contributed by atoms with van der Waals surface area (Å²) in [7, 11) is 0. The van der Waals surface area contributed by atoms with Crippen LogP contribution in [0.15, 0.2) is 24.3 Å². The zero-order valence-corrected chi connectivity index (χ0v) is 36.2. The Morgan fingerprint density at radius 1 is 0.388 bits per heavy atom. The normalized spacial score (nSPS) is 10.4. The first-order chi connectivity index (χ1) is 23.3. The van der Waals surface area contributed by atoms with E-state index in [1.807, 2.05) is 0 Å². The van der Waals surface area contributed by atoms with Crippen LogP contribution in [0.2, 0.25) is 0 Å². The molecule has 282 valence electrons. The Bertz CT molecular complexity index is 732. The molecule has 49 heavy (non-hydrogen) atoms. The molecular formula is C44H80O4Zn. The summed E-state index contributed by atoms with van der Waals surface area (Å²) < 4.78 is 0. The van der Waals surface area contributed by atoms with Gasteiger partial charge in [-0.3, -0.25) is 0 Å². The minimum Gasteiger partial charge on any atom is -0.550 e. The molecule has 0 aliphatic carbocycles. The van der Waals surface area contributed by atoms with Crippen LogP contribution in [0.25, 0.3) is 0 Å². The van der Waals surface area contributed by atoms with Gasteiger partial charge in [0.25, 0.3) is 0 Å². The molecule has 4 nitrogen and oxygen atoms in total. The van der Waals surface area contributed by atoms with E-state index in [0.717, 1.165) is 25.7 Å². The summed E-state index contributed by atoms with van der Waals surface area (Å²) in [5, 5.41) is 20.4. The van der Waals surface area contributed by atoms with E-state index in [4.69, 9.17) is 0 Å². The van der Waals surface area contributed by atoms with Crippen molar-refractivity contribution in [1.82, 2.24) is 0 Å². The third kappa shape index (κ3) is 48.9. The molecule has 0 saturated carbocycles. The Hall–Kier alpha value is -1.22. The Labute approximate surface area is 318 Å². The number of aryl methyl sites for hydroxylation is 2. The van der Waals surface area contributed by atoms with E-state index in [2.05, 4.69) is 52.0 Å². The SMILES string of the molecule is CCCCCCCCCCCCCCCCCC(=O)[O-].CCCCCCCCCCCCCCCCCC(=O)[O-].Cc1ccccc1C.[Zn+2]. The second-order valence-corrected chi connectivity index (χ2v) is 14.2. The molecule has 0 atom stereocenters. The van der Waals surface area contributed by atoms with Gasteiger partial charge in [0, 0.05) is 11.9 Å². The molecule has 0 amide bonds. The van der Waals surface area contributed by atoms with E-state index in [-0.39, 0.29) is 32.3 Å². The van der Waals surface area contributed by atoms with Gasteiger partial charge in [-0.2, -0.15) is 0 Å². The first-order valence-electron chi connectivity index (χ1n) is 20.8. The van der Waals surface area contributed by atoms with E-state index in [1.54, 1.807) is 0 Å². The van der Waals surface area contributed by atoms with E-state index < -0.39 is 11.9 Å². The van der Waals surface area contributed by atoms with Crippen molar-refractivity contribution in [2.75, 3.05) is 0 Å². The number of rotatable bonds is 32.